The molecule has 0 saturated heterocycles. The predicted octanol–water partition coefficient (Wildman–Crippen LogP) is 4.27. The van der Waals surface area contributed by atoms with Crippen LogP contribution in [0.25, 0.3) is 22.1 Å². The molecule has 0 unspecified atom stereocenters. The van der Waals surface area contributed by atoms with Gasteiger partial charge in [0, 0.05) is 5.56 Å². The van der Waals surface area contributed by atoms with Crippen molar-refractivity contribution in [2.24, 2.45) is 0 Å². The van der Waals surface area contributed by atoms with Crippen LogP contribution in [0.1, 0.15) is 15.9 Å². The summed E-state index contributed by atoms with van der Waals surface area (Å²) in [4.78, 5) is 23.7. The van der Waals surface area contributed by atoms with Gasteiger partial charge in [0.2, 0.25) is 0 Å². The van der Waals surface area contributed by atoms with E-state index in [1.807, 2.05) is 0 Å². The molecule has 0 spiro atoms. The van der Waals surface area contributed by atoms with Crippen LogP contribution < -0.4 is 5.63 Å². The van der Waals surface area contributed by atoms with Crippen LogP contribution in [0.3, 0.4) is 0 Å². The topological polar surface area (TPSA) is 56.5 Å². The summed E-state index contributed by atoms with van der Waals surface area (Å²) in [6, 6.07) is 10.1. The highest BCUT2D eigenvalue weighted by molar-refractivity contribution is 5.95. The average Bonchev–Trinajstić information content (AvgIpc) is 2.59. The molecule has 0 fully saturated rings. The van der Waals surface area contributed by atoms with Crippen molar-refractivity contribution < 1.29 is 27.1 Å². The first-order chi connectivity index (χ1) is 11.8. The van der Waals surface area contributed by atoms with E-state index in [9.17, 15) is 22.8 Å². The van der Waals surface area contributed by atoms with Crippen molar-refractivity contribution in [2.75, 3.05) is 7.11 Å². The van der Waals surface area contributed by atoms with Gasteiger partial charge in [-0.2, -0.15) is 13.2 Å². The number of rotatable bonds is 2. The zero-order chi connectivity index (χ0) is 18.2. The summed E-state index contributed by atoms with van der Waals surface area (Å²) >= 11 is 0. The summed E-state index contributed by atoms with van der Waals surface area (Å²) in [5.41, 5.74) is -0.884. The van der Waals surface area contributed by atoms with E-state index in [1.165, 1.54) is 43.5 Å². The highest BCUT2D eigenvalue weighted by Gasteiger charge is 2.30. The molecule has 7 heteroatoms. The third-order valence-electron chi connectivity index (χ3n) is 3.68. The fourth-order valence-electron chi connectivity index (χ4n) is 2.40. The van der Waals surface area contributed by atoms with Crippen LogP contribution in [0.5, 0.6) is 0 Å². The minimum Gasteiger partial charge on any atom is -0.465 e. The number of benzene rings is 2. The average molecular weight is 348 g/mol. The van der Waals surface area contributed by atoms with Crippen molar-refractivity contribution >= 4 is 16.7 Å². The highest BCUT2D eigenvalue weighted by atomic mass is 19.4. The number of ether oxygens (including phenoxy) is 1. The number of esters is 1. The first-order valence-electron chi connectivity index (χ1n) is 7.13. The Morgan fingerprint density at radius 2 is 1.72 bits per heavy atom. The third-order valence-corrected chi connectivity index (χ3v) is 3.68. The minimum absolute atomic E-state index is 0.105. The fourth-order valence-corrected chi connectivity index (χ4v) is 2.40. The van der Waals surface area contributed by atoms with Crippen LogP contribution in [-0.4, -0.2) is 13.1 Å². The van der Waals surface area contributed by atoms with Crippen LogP contribution >= 0.6 is 0 Å². The molecule has 2 aromatic carbocycles. The van der Waals surface area contributed by atoms with Gasteiger partial charge in [0.25, 0.3) is 0 Å². The van der Waals surface area contributed by atoms with Gasteiger partial charge in [0.05, 0.1) is 23.6 Å². The lowest BCUT2D eigenvalue weighted by Crippen LogP contribution is -2.05. The Balaban J connectivity index is 2.10. The van der Waals surface area contributed by atoms with Gasteiger partial charge in [-0.3, -0.25) is 0 Å². The van der Waals surface area contributed by atoms with Gasteiger partial charge in [-0.15, -0.1) is 0 Å². The smallest absolute Gasteiger partial charge is 0.416 e. The van der Waals surface area contributed by atoms with Gasteiger partial charge < -0.3 is 9.15 Å². The van der Waals surface area contributed by atoms with Crippen molar-refractivity contribution in [3.8, 4) is 11.3 Å². The van der Waals surface area contributed by atoms with Crippen molar-refractivity contribution in [3.63, 3.8) is 0 Å². The SMILES string of the molecule is COC(=O)c1ccc2c(=O)oc(-c3ccc(C(F)(F)F)cc3)cc2c1. The van der Waals surface area contributed by atoms with E-state index in [2.05, 4.69) is 4.74 Å². The van der Waals surface area contributed by atoms with Crippen LogP contribution in [0.2, 0.25) is 0 Å². The van der Waals surface area contributed by atoms with Crippen molar-refractivity contribution in [2.45, 2.75) is 6.18 Å². The maximum Gasteiger partial charge on any atom is 0.416 e. The maximum absolute atomic E-state index is 12.6. The lowest BCUT2D eigenvalue weighted by atomic mass is 10.1. The van der Waals surface area contributed by atoms with Gasteiger partial charge in [-0.05, 0) is 41.8 Å². The quantitative estimate of drug-likeness (QED) is 0.649. The van der Waals surface area contributed by atoms with Crippen molar-refractivity contribution in [1.29, 1.82) is 0 Å². The van der Waals surface area contributed by atoms with Gasteiger partial charge in [-0.25, -0.2) is 9.59 Å². The van der Waals surface area contributed by atoms with Crippen LogP contribution in [0.15, 0.2) is 57.7 Å². The standard InChI is InChI=1S/C18H11F3O4/c1-24-16(22)11-4-7-14-12(8-11)9-15(25-17(14)23)10-2-5-13(6-3-10)18(19,20)21/h2-9H,1H3. The molecule has 3 rings (SSSR count). The minimum atomic E-state index is -4.45. The Kier molecular flexibility index (Phi) is 4.08. The summed E-state index contributed by atoms with van der Waals surface area (Å²) in [5, 5.41) is 0.678. The first kappa shape index (κ1) is 16.8. The third kappa shape index (κ3) is 3.26. The molecular formula is C18H11F3O4. The van der Waals surface area contributed by atoms with Gasteiger partial charge in [-0.1, -0.05) is 12.1 Å². The molecule has 0 radical (unpaired) electrons. The first-order valence-corrected chi connectivity index (χ1v) is 7.13. The van der Waals surface area contributed by atoms with E-state index >= 15 is 0 Å². The fraction of sp³-hybridized carbons (Fsp3) is 0.111. The molecule has 0 atom stereocenters. The number of methoxy groups -OCH3 is 1. The molecule has 0 N–H and O–H groups in total. The molecule has 25 heavy (non-hydrogen) atoms. The summed E-state index contributed by atoms with van der Waals surface area (Å²) in [6.07, 6.45) is -4.45. The molecule has 0 aliphatic carbocycles. The molecule has 0 aliphatic rings. The molecule has 3 aromatic rings. The Hall–Kier alpha value is -3.09. The highest BCUT2D eigenvalue weighted by Crippen LogP contribution is 2.31. The lowest BCUT2D eigenvalue weighted by Gasteiger charge is -2.08. The monoisotopic (exact) mass is 348 g/mol. The van der Waals surface area contributed by atoms with E-state index < -0.39 is 23.3 Å². The number of carbonyl (C=O) groups is 1. The normalized spacial score (nSPS) is 11.5. The van der Waals surface area contributed by atoms with E-state index in [0.29, 0.717) is 10.9 Å². The molecule has 0 saturated carbocycles. The molecule has 1 heterocycles. The molecule has 0 aliphatic heterocycles. The Morgan fingerprint density at radius 1 is 1.04 bits per heavy atom. The van der Waals surface area contributed by atoms with Crippen LogP contribution in [0.4, 0.5) is 13.2 Å². The van der Waals surface area contributed by atoms with E-state index in [0.717, 1.165) is 12.1 Å². The van der Waals surface area contributed by atoms with Gasteiger partial charge >= 0.3 is 17.8 Å². The number of hydrogen-bond acceptors (Lipinski definition) is 4. The second kappa shape index (κ2) is 6.08. The molecule has 0 bridgehead atoms. The number of fused-ring (bicyclic) bond motifs is 1. The number of carbonyl (C=O) groups excluding carboxylic acids is 1. The lowest BCUT2D eigenvalue weighted by molar-refractivity contribution is -0.137. The second-order valence-corrected chi connectivity index (χ2v) is 5.27. The number of halogens is 3. The zero-order valence-electron chi connectivity index (χ0n) is 12.9. The molecule has 1 aromatic heterocycles. The summed E-state index contributed by atoms with van der Waals surface area (Å²) < 4.78 is 47.7. The molecule has 4 nitrogen and oxygen atoms in total. The largest absolute Gasteiger partial charge is 0.465 e. The number of alkyl halides is 3. The van der Waals surface area contributed by atoms with E-state index in [1.54, 1.807) is 0 Å². The zero-order valence-corrected chi connectivity index (χ0v) is 12.9. The predicted molar refractivity (Wildman–Crippen MR) is 84.3 cm³/mol. The number of hydrogen-bond donors (Lipinski definition) is 0. The second-order valence-electron chi connectivity index (χ2n) is 5.27. The van der Waals surface area contributed by atoms with Crippen LogP contribution in [0, 0.1) is 0 Å². The van der Waals surface area contributed by atoms with Crippen molar-refractivity contribution in [1.82, 2.24) is 0 Å². The van der Waals surface area contributed by atoms with Crippen LogP contribution in [-0.2, 0) is 10.9 Å². The molecular weight excluding hydrogens is 337 g/mol. The molecule has 0 amide bonds. The maximum atomic E-state index is 12.6. The van der Waals surface area contributed by atoms with Gasteiger partial charge in [0.15, 0.2) is 0 Å². The van der Waals surface area contributed by atoms with Crippen molar-refractivity contribution in [3.05, 3.63) is 70.1 Å². The summed E-state index contributed by atoms with van der Waals surface area (Å²) in [5.74, 6) is -0.459. The Labute approximate surface area is 139 Å². The Morgan fingerprint density at radius 3 is 2.32 bits per heavy atom. The van der Waals surface area contributed by atoms with E-state index in [-0.39, 0.29) is 16.7 Å². The Bertz CT molecular complexity index is 1000. The summed E-state index contributed by atoms with van der Waals surface area (Å²) in [6.45, 7) is 0. The molecule has 128 valence electrons. The van der Waals surface area contributed by atoms with Gasteiger partial charge in [0.1, 0.15) is 5.76 Å². The van der Waals surface area contributed by atoms with E-state index in [4.69, 9.17) is 4.42 Å². The summed E-state index contributed by atoms with van der Waals surface area (Å²) in [7, 11) is 1.24.